The average molecular weight is 191 g/mol. The third-order valence-electron chi connectivity index (χ3n) is 4.09. The summed E-state index contributed by atoms with van der Waals surface area (Å²) in [6.45, 7) is 4.55. The number of piperidine rings is 1. The summed E-state index contributed by atoms with van der Waals surface area (Å²) in [5, 5.41) is 0. The molecule has 1 saturated heterocycles. The summed E-state index contributed by atoms with van der Waals surface area (Å²) >= 11 is 0. The van der Waals surface area contributed by atoms with Crippen molar-refractivity contribution in [2.45, 2.75) is 45.4 Å². The highest BCUT2D eigenvalue weighted by Gasteiger charge is 2.42. The Kier molecular flexibility index (Phi) is 3.54. The Morgan fingerprint density at radius 2 is 2.00 bits per heavy atom. The maximum absolute atomic E-state index is 5.77. The van der Waals surface area contributed by atoms with Crippen LogP contribution in [-0.4, -0.2) is 25.9 Å². The molecule has 0 aromatic heterocycles. The van der Waals surface area contributed by atoms with E-state index >= 15 is 0 Å². The van der Waals surface area contributed by atoms with E-state index in [1.54, 1.807) is 0 Å². The van der Waals surface area contributed by atoms with Gasteiger partial charge < -0.3 is 4.81 Å². The van der Waals surface area contributed by atoms with Gasteiger partial charge in [0.2, 0.25) is 0 Å². The van der Waals surface area contributed by atoms with Crippen LogP contribution in [-0.2, 0) is 0 Å². The molecule has 78 valence electrons. The summed E-state index contributed by atoms with van der Waals surface area (Å²) in [5.41, 5.74) is 0. The zero-order chi connectivity index (χ0) is 9.97. The van der Waals surface area contributed by atoms with E-state index in [1.807, 2.05) is 4.81 Å². The third-order valence-corrected chi connectivity index (χ3v) is 4.09. The predicted octanol–water partition coefficient (Wildman–Crippen LogP) is 2.61. The van der Waals surface area contributed by atoms with Crippen molar-refractivity contribution in [3.63, 3.8) is 0 Å². The van der Waals surface area contributed by atoms with Crippen molar-refractivity contribution in [2.75, 3.05) is 13.1 Å². The summed E-state index contributed by atoms with van der Waals surface area (Å²) < 4.78 is 0. The molecule has 2 rings (SSSR count). The smallest absolute Gasteiger partial charge is 0.182 e. The van der Waals surface area contributed by atoms with E-state index in [9.17, 15) is 0 Å². The van der Waals surface area contributed by atoms with Gasteiger partial charge in [-0.05, 0) is 50.1 Å². The molecule has 2 radical (unpaired) electrons. The van der Waals surface area contributed by atoms with Crippen LogP contribution < -0.4 is 0 Å². The topological polar surface area (TPSA) is 3.24 Å². The summed E-state index contributed by atoms with van der Waals surface area (Å²) in [7, 11) is 5.77. The van der Waals surface area contributed by atoms with E-state index in [0.717, 1.165) is 30.8 Å². The summed E-state index contributed by atoms with van der Waals surface area (Å²) in [6.07, 6.45) is 8.52. The zero-order valence-corrected chi connectivity index (χ0v) is 9.41. The molecule has 0 amide bonds. The van der Waals surface area contributed by atoms with Crippen LogP contribution in [0.15, 0.2) is 0 Å². The highest BCUT2D eigenvalue weighted by Crippen LogP contribution is 2.50. The average Bonchev–Trinajstić information content (AvgIpc) is 2.95. The molecular formula is C12H22BN. The molecule has 0 spiro atoms. The van der Waals surface area contributed by atoms with Gasteiger partial charge in [-0.2, -0.15) is 0 Å². The number of nitrogens with zero attached hydrogens (tertiary/aromatic N) is 1. The quantitative estimate of drug-likeness (QED) is 0.617. The van der Waals surface area contributed by atoms with Gasteiger partial charge in [0.15, 0.2) is 7.98 Å². The molecule has 1 aliphatic carbocycles. The molecule has 0 unspecified atom stereocenters. The van der Waals surface area contributed by atoms with Gasteiger partial charge in [-0.1, -0.05) is 26.2 Å². The van der Waals surface area contributed by atoms with Crippen LogP contribution in [0.3, 0.4) is 0 Å². The van der Waals surface area contributed by atoms with Crippen LogP contribution in [0.2, 0.25) is 0 Å². The Balaban J connectivity index is 1.66. The third kappa shape index (κ3) is 2.53. The van der Waals surface area contributed by atoms with E-state index in [2.05, 4.69) is 6.92 Å². The lowest BCUT2D eigenvalue weighted by molar-refractivity contribution is 0.250. The second-order valence-electron chi connectivity index (χ2n) is 5.18. The van der Waals surface area contributed by atoms with E-state index in [4.69, 9.17) is 7.98 Å². The summed E-state index contributed by atoms with van der Waals surface area (Å²) in [6, 6.07) is 0. The minimum atomic E-state index is 1.01. The lowest BCUT2D eigenvalue weighted by Crippen LogP contribution is -2.32. The second kappa shape index (κ2) is 4.70. The van der Waals surface area contributed by atoms with Crippen molar-refractivity contribution in [3.05, 3.63) is 0 Å². The van der Waals surface area contributed by atoms with Crippen LogP contribution in [0.1, 0.15) is 45.4 Å². The van der Waals surface area contributed by atoms with E-state index in [0.29, 0.717) is 0 Å². The van der Waals surface area contributed by atoms with Crippen LogP contribution in [0.5, 0.6) is 0 Å². The van der Waals surface area contributed by atoms with E-state index < -0.39 is 0 Å². The molecule has 14 heavy (non-hydrogen) atoms. The van der Waals surface area contributed by atoms with Crippen molar-refractivity contribution in [3.8, 4) is 0 Å². The fourth-order valence-electron chi connectivity index (χ4n) is 2.99. The van der Waals surface area contributed by atoms with E-state index in [-0.39, 0.29) is 0 Å². The van der Waals surface area contributed by atoms with Gasteiger partial charge in [0.25, 0.3) is 0 Å². The molecule has 1 nitrogen and oxygen atoms in total. The molecule has 2 aliphatic rings. The van der Waals surface area contributed by atoms with Gasteiger partial charge in [0.05, 0.1) is 0 Å². The van der Waals surface area contributed by atoms with Crippen molar-refractivity contribution in [1.82, 2.24) is 4.81 Å². The monoisotopic (exact) mass is 191 g/mol. The van der Waals surface area contributed by atoms with Crippen LogP contribution in [0, 0.1) is 17.8 Å². The van der Waals surface area contributed by atoms with Gasteiger partial charge in [0, 0.05) is 0 Å². The predicted molar refractivity (Wildman–Crippen MR) is 61.2 cm³/mol. The van der Waals surface area contributed by atoms with Crippen molar-refractivity contribution in [1.29, 1.82) is 0 Å². The molecule has 1 saturated carbocycles. The molecule has 1 aliphatic heterocycles. The van der Waals surface area contributed by atoms with Crippen molar-refractivity contribution < 1.29 is 0 Å². The van der Waals surface area contributed by atoms with E-state index in [1.165, 1.54) is 38.5 Å². The summed E-state index contributed by atoms with van der Waals surface area (Å²) in [5.74, 6) is 3.18. The Hall–Kier alpha value is 0.0249. The molecule has 2 atom stereocenters. The minimum absolute atomic E-state index is 1.01. The molecule has 0 N–H and O–H groups in total. The Bertz CT molecular complexity index is 175. The van der Waals surface area contributed by atoms with Crippen LogP contribution >= 0.6 is 0 Å². The Labute approximate surface area is 89.7 Å². The van der Waals surface area contributed by atoms with Crippen molar-refractivity contribution >= 4 is 7.98 Å². The SMILES string of the molecule is [B]N1CCC([C@@H]2C[C@H]2CCCC)CC1. The first-order valence-corrected chi connectivity index (χ1v) is 6.31. The molecule has 0 aromatic carbocycles. The highest BCUT2D eigenvalue weighted by molar-refractivity contribution is 6.04. The lowest BCUT2D eigenvalue weighted by atomic mass is 9.89. The van der Waals surface area contributed by atoms with Gasteiger partial charge in [-0.15, -0.1) is 0 Å². The lowest BCUT2D eigenvalue weighted by Gasteiger charge is -2.29. The fourth-order valence-corrected chi connectivity index (χ4v) is 2.99. The first-order valence-electron chi connectivity index (χ1n) is 6.31. The maximum Gasteiger partial charge on any atom is 0.182 e. The fraction of sp³-hybridized carbons (Fsp3) is 1.00. The van der Waals surface area contributed by atoms with Gasteiger partial charge in [-0.25, -0.2) is 0 Å². The Morgan fingerprint density at radius 3 is 2.64 bits per heavy atom. The van der Waals surface area contributed by atoms with Crippen LogP contribution in [0.25, 0.3) is 0 Å². The summed E-state index contributed by atoms with van der Waals surface area (Å²) in [4.78, 5) is 1.99. The highest BCUT2D eigenvalue weighted by atomic mass is 15.0. The maximum atomic E-state index is 5.77. The molecule has 2 fully saturated rings. The standard InChI is InChI=1S/C12H22BN/c1-2-3-4-11-9-12(11)10-5-7-14(13)8-6-10/h10-12H,2-9H2,1H3/t11-,12+/m1/s1. The number of rotatable bonds is 4. The van der Waals surface area contributed by atoms with Gasteiger partial charge in [-0.3, -0.25) is 0 Å². The second-order valence-corrected chi connectivity index (χ2v) is 5.18. The number of hydrogen-bond donors (Lipinski definition) is 0. The van der Waals surface area contributed by atoms with Crippen LogP contribution in [0.4, 0.5) is 0 Å². The van der Waals surface area contributed by atoms with Crippen molar-refractivity contribution in [2.24, 2.45) is 17.8 Å². The largest absolute Gasteiger partial charge is 0.353 e. The molecular weight excluding hydrogens is 169 g/mol. The zero-order valence-electron chi connectivity index (χ0n) is 9.41. The molecule has 0 bridgehead atoms. The Morgan fingerprint density at radius 1 is 1.29 bits per heavy atom. The minimum Gasteiger partial charge on any atom is -0.353 e. The molecule has 2 heteroatoms. The molecule has 1 heterocycles. The molecule has 0 aromatic rings. The number of unbranched alkanes of at least 4 members (excludes halogenated alkanes) is 1. The normalized spacial score (nSPS) is 34.6. The van der Waals surface area contributed by atoms with Gasteiger partial charge in [0.1, 0.15) is 0 Å². The van der Waals surface area contributed by atoms with Gasteiger partial charge >= 0.3 is 0 Å². The first kappa shape index (κ1) is 10.5. The first-order chi connectivity index (χ1) is 6.81. The number of hydrogen-bond acceptors (Lipinski definition) is 1.